The fraction of sp³-hybridized carbons (Fsp3) is 0.391. The Bertz CT molecular complexity index is 1090. The monoisotopic (exact) mass is 389 g/mol. The largest absolute Gasteiger partial charge is 0.329 e. The molecule has 1 aliphatic heterocycles. The highest BCUT2D eigenvalue weighted by Crippen LogP contribution is 2.53. The summed E-state index contributed by atoms with van der Waals surface area (Å²) in [6.45, 7) is 0. The third kappa shape index (κ3) is 2.23. The lowest BCUT2D eigenvalue weighted by molar-refractivity contribution is -0.126. The van der Waals surface area contributed by atoms with Gasteiger partial charge in [0.15, 0.2) is 0 Å². The lowest BCUT2D eigenvalue weighted by Crippen LogP contribution is -2.53. The van der Waals surface area contributed by atoms with Gasteiger partial charge in [-0.1, -0.05) is 43.5 Å². The van der Waals surface area contributed by atoms with Gasteiger partial charge in [0.05, 0.1) is 22.5 Å². The zero-order valence-electron chi connectivity index (χ0n) is 15.7. The fourth-order valence-electron chi connectivity index (χ4n) is 5.76. The summed E-state index contributed by atoms with van der Waals surface area (Å²) in [7, 11) is 0. The van der Waals surface area contributed by atoms with E-state index in [-0.39, 0.29) is 17.4 Å². The van der Waals surface area contributed by atoms with Crippen molar-refractivity contribution in [3.63, 3.8) is 0 Å². The zero-order valence-corrected chi connectivity index (χ0v) is 16.5. The maximum absolute atomic E-state index is 13.6. The van der Waals surface area contributed by atoms with Crippen LogP contribution in [0.2, 0.25) is 0 Å². The van der Waals surface area contributed by atoms with Gasteiger partial charge in [0.2, 0.25) is 5.95 Å². The summed E-state index contributed by atoms with van der Waals surface area (Å²) >= 11 is 1.74. The quantitative estimate of drug-likeness (QED) is 0.603. The normalized spacial score (nSPS) is 25.9. The third-order valence-corrected chi connectivity index (χ3v) is 7.87. The van der Waals surface area contributed by atoms with Gasteiger partial charge >= 0.3 is 0 Å². The van der Waals surface area contributed by atoms with Crippen molar-refractivity contribution in [2.45, 2.75) is 50.0 Å². The molecule has 1 saturated carbocycles. The van der Waals surface area contributed by atoms with Crippen molar-refractivity contribution in [1.29, 1.82) is 0 Å². The molecule has 5 heteroatoms. The van der Waals surface area contributed by atoms with Crippen molar-refractivity contribution < 1.29 is 4.79 Å². The summed E-state index contributed by atoms with van der Waals surface area (Å²) in [5.41, 5.74) is 3.08. The first-order chi connectivity index (χ1) is 13.8. The standard InChI is InChI=1S/C23H23N3OS/c27-19-14-15(20-9-6-12-28-20)13-17-21(19)23(10-4-1-5-11-23)26-18-8-3-2-7-16(18)24-22(26)25-17/h2-3,6-9,12-13,15,21H,1,4-5,10-11,14H2,(H,24,25)/t15-,21+/m1/s1. The number of carbonyl (C=O) groups excluding carboxylic acids is 1. The Labute approximate surface area is 168 Å². The van der Waals surface area contributed by atoms with E-state index in [2.05, 4.69) is 51.7 Å². The second-order valence-electron chi connectivity index (χ2n) is 8.40. The molecule has 3 aliphatic rings. The van der Waals surface area contributed by atoms with Crippen molar-refractivity contribution in [3.8, 4) is 0 Å². The Balaban J connectivity index is 1.57. The topological polar surface area (TPSA) is 46.9 Å². The number of aromatic nitrogens is 2. The molecule has 1 spiro atoms. The highest BCUT2D eigenvalue weighted by Gasteiger charge is 2.52. The van der Waals surface area contributed by atoms with Crippen LogP contribution in [0.4, 0.5) is 5.95 Å². The number of rotatable bonds is 1. The number of fused-ring (bicyclic) bond motifs is 6. The minimum Gasteiger partial charge on any atom is -0.329 e. The number of hydrogen-bond donors (Lipinski definition) is 1. The number of hydrogen-bond acceptors (Lipinski definition) is 4. The van der Waals surface area contributed by atoms with Crippen LogP contribution < -0.4 is 5.32 Å². The summed E-state index contributed by atoms with van der Waals surface area (Å²) in [4.78, 5) is 19.8. The van der Waals surface area contributed by atoms with E-state index in [1.54, 1.807) is 11.3 Å². The number of ketones is 1. The van der Waals surface area contributed by atoms with Crippen molar-refractivity contribution in [2.24, 2.45) is 5.92 Å². The van der Waals surface area contributed by atoms with E-state index >= 15 is 0 Å². The SMILES string of the molecule is O=C1C[C@H](c2cccs2)C=C2Nc3nc4ccccc4n3C3(CCCCC3)[C@H]12. The van der Waals surface area contributed by atoms with Crippen molar-refractivity contribution in [3.05, 3.63) is 58.4 Å². The summed E-state index contributed by atoms with van der Waals surface area (Å²) in [5, 5.41) is 5.68. The minimum absolute atomic E-state index is 0.0749. The minimum atomic E-state index is -0.168. The number of imidazole rings is 1. The summed E-state index contributed by atoms with van der Waals surface area (Å²) in [6, 6.07) is 12.6. The Morgan fingerprint density at radius 1 is 1.11 bits per heavy atom. The van der Waals surface area contributed by atoms with Crippen molar-refractivity contribution in [2.75, 3.05) is 5.32 Å². The van der Waals surface area contributed by atoms with Crippen molar-refractivity contribution >= 4 is 34.1 Å². The highest BCUT2D eigenvalue weighted by atomic mass is 32.1. The van der Waals surface area contributed by atoms with Crippen LogP contribution in [0.1, 0.15) is 49.3 Å². The van der Waals surface area contributed by atoms with E-state index in [9.17, 15) is 4.79 Å². The molecule has 0 saturated heterocycles. The van der Waals surface area contributed by atoms with Gasteiger partial charge in [0.1, 0.15) is 5.78 Å². The lowest BCUT2D eigenvalue weighted by atomic mass is 9.65. The number of nitrogens with zero attached hydrogens (tertiary/aromatic N) is 2. The molecule has 1 N–H and O–H groups in total. The molecular weight excluding hydrogens is 366 g/mol. The third-order valence-electron chi connectivity index (χ3n) is 6.86. The van der Waals surface area contributed by atoms with Crippen LogP contribution in [0.25, 0.3) is 11.0 Å². The molecule has 0 bridgehead atoms. The Hall–Kier alpha value is -2.40. The van der Waals surface area contributed by atoms with Crippen LogP contribution in [0, 0.1) is 5.92 Å². The second kappa shape index (κ2) is 6.05. The number of thiophene rings is 1. The maximum atomic E-state index is 13.6. The number of nitrogens with one attached hydrogen (secondary N) is 1. The Kier molecular flexibility index (Phi) is 3.57. The molecule has 1 fully saturated rings. The molecule has 0 radical (unpaired) electrons. The van der Waals surface area contributed by atoms with Gasteiger partial charge in [-0.25, -0.2) is 4.98 Å². The molecule has 4 nitrogen and oxygen atoms in total. The van der Waals surface area contributed by atoms with E-state index in [4.69, 9.17) is 4.98 Å². The van der Waals surface area contributed by atoms with E-state index < -0.39 is 0 Å². The zero-order chi connectivity index (χ0) is 18.7. The first-order valence-corrected chi connectivity index (χ1v) is 11.2. The molecule has 1 aromatic carbocycles. The highest BCUT2D eigenvalue weighted by molar-refractivity contribution is 7.10. The summed E-state index contributed by atoms with van der Waals surface area (Å²) < 4.78 is 2.38. The predicted octanol–water partition coefficient (Wildman–Crippen LogP) is 5.44. The van der Waals surface area contributed by atoms with Gasteiger partial charge in [-0.05, 0) is 36.4 Å². The average molecular weight is 390 g/mol. The number of benzene rings is 1. The van der Waals surface area contributed by atoms with Crippen LogP contribution in [0.15, 0.2) is 53.6 Å². The molecule has 0 unspecified atom stereocenters. The molecule has 2 aromatic heterocycles. The van der Waals surface area contributed by atoms with Crippen molar-refractivity contribution in [1.82, 2.24) is 9.55 Å². The van der Waals surface area contributed by atoms with Gasteiger partial charge in [-0.2, -0.15) is 0 Å². The molecule has 142 valence electrons. The number of carbonyl (C=O) groups is 1. The number of para-hydroxylation sites is 2. The molecule has 28 heavy (non-hydrogen) atoms. The molecule has 3 heterocycles. The smallest absolute Gasteiger partial charge is 0.208 e. The number of allylic oxidation sites excluding steroid dienone is 2. The van der Waals surface area contributed by atoms with E-state index in [1.807, 2.05) is 6.07 Å². The molecule has 0 amide bonds. The van der Waals surface area contributed by atoms with E-state index in [1.165, 1.54) is 24.1 Å². The van der Waals surface area contributed by atoms with Crippen LogP contribution in [0.5, 0.6) is 0 Å². The summed E-state index contributed by atoms with van der Waals surface area (Å²) in [6.07, 6.45) is 8.65. The van der Waals surface area contributed by atoms with Crippen LogP contribution in [-0.2, 0) is 10.3 Å². The molecule has 2 atom stereocenters. The summed E-state index contributed by atoms with van der Waals surface area (Å²) in [5.74, 6) is 1.40. The molecular formula is C23H23N3OS. The van der Waals surface area contributed by atoms with Crippen LogP contribution in [-0.4, -0.2) is 15.3 Å². The van der Waals surface area contributed by atoms with E-state index in [0.29, 0.717) is 12.2 Å². The first-order valence-electron chi connectivity index (χ1n) is 10.3. The van der Waals surface area contributed by atoms with Crippen LogP contribution in [0.3, 0.4) is 0 Å². The average Bonchev–Trinajstić information content (AvgIpc) is 3.36. The van der Waals surface area contributed by atoms with Gasteiger partial charge in [0, 0.05) is 22.9 Å². The molecule has 3 aromatic rings. The lowest BCUT2D eigenvalue weighted by Gasteiger charge is -2.50. The Morgan fingerprint density at radius 2 is 1.96 bits per heavy atom. The molecule has 6 rings (SSSR count). The van der Waals surface area contributed by atoms with Crippen LogP contribution >= 0.6 is 11.3 Å². The predicted molar refractivity (Wildman–Crippen MR) is 113 cm³/mol. The fourth-order valence-corrected chi connectivity index (χ4v) is 6.56. The number of anilines is 1. The van der Waals surface area contributed by atoms with E-state index in [0.717, 1.165) is 35.5 Å². The maximum Gasteiger partial charge on any atom is 0.208 e. The second-order valence-corrected chi connectivity index (χ2v) is 9.38. The first kappa shape index (κ1) is 16.5. The van der Waals surface area contributed by atoms with Gasteiger partial charge < -0.3 is 9.88 Å². The molecule has 2 aliphatic carbocycles. The van der Waals surface area contributed by atoms with Gasteiger partial charge in [0.25, 0.3) is 0 Å². The van der Waals surface area contributed by atoms with Gasteiger partial charge in [-0.3, -0.25) is 4.79 Å². The van der Waals surface area contributed by atoms with Gasteiger partial charge in [-0.15, -0.1) is 11.3 Å². The number of Topliss-reactive ketones (excluding diaryl/α,β-unsaturated/α-hetero) is 1. The Morgan fingerprint density at radius 3 is 2.79 bits per heavy atom.